The molecular weight excluding hydrogens is 306 g/mol. The molecular formula is C16H16ClNO4. The Morgan fingerprint density at radius 3 is 2.77 bits per heavy atom. The minimum absolute atomic E-state index is 0.0274. The monoisotopic (exact) mass is 321 g/mol. The largest absolute Gasteiger partial charge is 0.478 e. The van der Waals surface area contributed by atoms with Crippen LogP contribution in [0.25, 0.3) is 10.9 Å². The lowest BCUT2D eigenvalue weighted by Gasteiger charge is -2.23. The Bertz CT molecular complexity index is 731. The Morgan fingerprint density at radius 1 is 1.41 bits per heavy atom. The molecule has 0 radical (unpaired) electrons. The van der Waals surface area contributed by atoms with Crippen molar-refractivity contribution in [3.05, 3.63) is 34.5 Å². The average Bonchev–Trinajstić information content (AvgIpc) is 2.81. The first-order valence-corrected chi connectivity index (χ1v) is 7.57. The second-order valence-electron chi connectivity index (χ2n) is 5.51. The van der Waals surface area contributed by atoms with Gasteiger partial charge in [-0.2, -0.15) is 0 Å². The zero-order valence-corrected chi connectivity index (χ0v) is 12.7. The van der Waals surface area contributed by atoms with Gasteiger partial charge < -0.3 is 14.4 Å². The number of halogens is 1. The Kier molecular flexibility index (Phi) is 4.18. The molecule has 0 bridgehead atoms. The number of aldehydes is 1. The van der Waals surface area contributed by atoms with Gasteiger partial charge in [-0.15, -0.1) is 0 Å². The number of carboxylic acids is 1. The second kappa shape index (κ2) is 6.10. The number of hydrogen-bond donors (Lipinski definition) is 1. The van der Waals surface area contributed by atoms with E-state index in [-0.39, 0.29) is 11.3 Å². The Hall–Kier alpha value is -1.85. The Morgan fingerprint density at radius 2 is 2.14 bits per heavy atom. The van der Waals surface area contributed by atoms with Gasteiger partial charge >= 0.3 is 5.97 Å². The molecule has 2 heterocycles. The van der Waals surface area contributed by atoms with Crippen LogP contribution in [0.5, 0.6) is 0 Å². The molecule has 1 aromatic heterocycles. The maximum atomic E-state index is 11.6. The van der Waals surface area contributed by atoms with E-state index in [2.05, 4.69) is 0 Å². The van der Waals surface area contributed by atoms with E-state index in [1.807, 2.05) is 0 Å². The van der Waals surface area contributed by atoms with Crippen LogP contribution in [0.15, 0.2) is 18.2 Å². The number of carbonyl (C=O) groups is 2. The van der Waals surface area contributed by atoms with Gasteiger partial charge in [0.2, 0.25) is 0 Å². The highest BCUT2D eigenvalue weighted by Crippen LogP contribution is 2.30. The van der Waals surface area contributed by atoms with Gasteiger partial charge in [0.25, 0.3) is 0 Å². The number of aromatic nitrogens is 1. The van der Waals surface area contributed by atoms with E-state index in [9.17, 15) is 14.7 Å². The smallest absolute Gasteiger partial charge is 0.338 e. The van der Waals surface area contributed by atoms with Crippen molar-refractivity contribution >= 4 is 34.8 Å². The fourth-order valence-corrected chi connectivity index (χ4v) is 3.25. The van der Waals surface area contributed by atoms with Gasteiger partial charge in [0.05, 0.1) is 11.3 Å². The van der Waals surface area contributed by atoms with Crippen molar-refractivity contribution < 1.29 is 19.4 Å². The van der Waals surface area contributed by atoms with Crippen molar-refractivity contribution in [3.8, 4) is 0 Å². The Balaban J connectivity index is 2.14. The summed E-state index contributed by atoms with van der Waals surface area (Å²) in [5.41, 5.74) is 0.964. The summed E-state index contributed by atoms with van der Waals surface area (Å²) >= 11 is 5.98. The summed E-state index contributed by atoms with van der Waals surface area (Å²) in [6, 6.07) is 5.09. The maximum absolute atomic E-state index is 11.6. The topological polar surface area (TPSA) is 68.5 Å². The van der Waals surface area contributed by atoms with Gasteiger partial charge in [-0.1, -0.05) is 11.6 Å². The summed E-state index contributed by atoms with van der Waals surface area (Å²) < 4.78 is 7.15. The van der Waals surface area contributed by atoms with Crippen molar-refractivity contribution in [1.82, 2.24) is 4.57 Å². The number of nitrogens with zero attached hydrogens (tertiary/aromatic N) is 1. The summed E-state index contributed by atoms with van der Waals surface area (Å²) in [6.45, 7) is 2.03. The highest BCUT2D eigenvalue weighted by atomic mass is 35.5. The summed E-state index contributed by atoms with van der Waals surface area (Å²) in [6.07, 6.45) is 2.44. The first kappa shape index (κ1) is 15.1. The quantitative estimate of drug-likeness (QED) is 0.878. The third-order valence-corrected chi connectivity index (χ3v) is 4.41. The molecule has 3 rings (SSSR count). The van der Waals surface area contributed by atoms with E-state index in [0.717, 1.165) is 18.4 Å². The maximum Gasteiger partial charge on any atom is 0.338 e. The lowest BCUT2D eigenvalue weighted by atomic mass is 10.0. The molecule has 1 N–H and O–H groups in total. The SMILES string of the molecule is O=Cc1c(C(=O)O)c2cc(Cl)ccc2n1CC1CCOCC1. The zero-order chi connectivity index (χ0) is 15.7. The molecule has 1 saturated heterocycles. The van der Waals surface area contributed by atoms with Gasteiger partial charge in [0.15, 0.2) is 6.29 Å². The molecule has 1 fully saturated rings. The summed E-state index contributed by atoms with van der Waals surface area (Å²) in [4.78, 5) is 23.1. The summed E-state index contributed by atoms with van der Waals surface area (Å²) in [5, 5.41) is 10.4. The molecule has 1 aromatic carbocycles. The molecule has 0 aliphatic carbocycles. The predicted octanol–water partition coefficient (Wildman–Crippen LogP) is 3.23. The highest BCUT2D eigenvalue weighted by Gasteiger charge is 2.24. The lowest BCUT2D eigenvalue weighted by Crippen LogP contribution is -2.21. The number of ether oxygens (including phenoxy) is 1. The fourth-order valence-electron chi connectivity index (χ4n) is 3.08. The molecule has 1 aliphatic rings. The number of fused-ring (bicyclic) bond motifs is 1. The van der Waals surface area contributed by atoms with Crippen LogP contribution in [0.1, 0.15) is 33.7 Å². The van der Waals surface area contributed by atoms with Crippen LogP contribution in [-0.4, -0.2) is 35.1 Å². The minimum atomic E-state index is -1.11. The molecule has 5 nitrogen and oxygen atoms in total. The fraction of sp³-hybridized carbons (Fsp3) is 0.375. The van der Waals surface area contributed by atoms with Crippen LogP contribution in [0.4, 0.5) is 0 Å². The van der Waals surface area contributed by atoms with Gasteiger partial charge in [-0.25, -0.2) is 4.79 Å². The molecule has 0 saturated carbocycles. The third kappa shape index (κ3) is 2.62. The molecule has 116 valence electrons. The van der Waals surface area contributed by atoms with E-state index >= 15 is 0 Å². The highest BCUT2D eigenvalue weighted by molar-refractivity contribution is 6.31. The molecule has 1 aliphatic heterocycles. The van der Waals surface area contributed by atoms with Crippen molar-refractivity contribution in [2.75, 3.05) is 13.2 Å². The van der Waals surface area contributed by atoms with Crippen molar-refractivity contribution in [3.63, 3.8) is 0 Å². The summed E-state index contributed by atoms with van der Waals surface area (Å²) in [5.74, 6) is -0.736. The number of rotatable bonds is 4. The van der Waals surface area contributed by atoms with Crippen LogP contribution in [0.3, 0.4) is 0 Å². The van der Waals surface area contributed by atoms with Crippen LogP contribution in [-0.2, 0) is 11.3 Å². The van der Waals surface area contributed by atoms with E-state index in [1.165, 1.54) is 0 Å². The number of aromatic carboxylic acids is 1. The van der Waals surface area contributed by atoms with Gasteiger partial charge in [-0.3, -0.25) is 4.79 Å². The minimum Gasteiger partial charge on any atom is -0.478 e. The normalized spacial score (nSPS) is 16.0. The van der Waals surface area contributed by atoms with Crippen LogP contribution in [0, 0.1) is 5.92 Å². The molecule has 0 unspecified atom stereocenters. The molecule has 0 atom stereocenters. The van der Waals surface area contributed by atoms with Crippen LogP contribution >= 0.6 is 11.6 Å². The van der Waals surface area contributed by atoms with Crippen molar-refractivity contribution in [2.45, 2.75) is 19.4 Å². The Labute approximate surface area is 132 Å². The lowest BCUT2D eigenvalue weighted by molar-refractivity contribution is 0.0611. The number of carboxylic acid groups (broad SMARTS) is 1. The van der Waals surface area contributed by atoms with Crippen LogP contribution < -0.4 is 0 Å². The van der Waals surface area contributed by atoms with E-state index in [1.54, 1.807) is 22.8 Å². The van der Waals surface area contributed by atoms with E-state index in [4.69, 9.17) is 16.3 Å². The molecule has 22 heavy (non-hydrogen) atoms. The van der Waals surface area contributed by atoms with Crippen LogP contribution in [0.2, 0.25) is 5.02 Å². The standard InChI is InChI=1S/C16H16ClNO4/c17-11-1-2-13-12(7-11)15(16(20)21)14(9-19)18(13)8-10-3-5-22-6-4-10/h1-2,7,9-10H,3-6,8H2,(H,20,21). The summed E-state index contributed by atoms with van der Waals surface area (Å²) in [7, 11) is 0. The van der Waals surface area contributed by atoms with Gasteiger partial charge in [0.1, 0.15) is 0 Å². The first-order chi connectivity index (χ1) is 10.6. The van der Waals surface area contributed by atoms with Crippen molar-refractivity contribution in [2.24, 2.45) is 5.92 Å². The van der Waals surface area contributed by atoms with Crippen molar-refractivity contribution in [1.29, 1.82) is 0 Å². The number of benzene rings is 1. The third-order valence-electron chi connectivity index (χ3n) is 4.17. The zero-order valence-electron chi connectivity index (χ0n) is 11.9. The molecule has 0 amide bonds. The molecule has 0 spiro atoms. The number of hydrogen-bond acceptors (Lipinski definition) is 3. The number of carbonyl (C=O) groups excluding carboxylic acids is 1. The predicted molar refractivity (Wildman–Crippen MR) is 82.8 cm³/mol. The first-order valence-electron chi connectivity index (χ1n) is 7.19. The van der Waals surface area contributed by atoms with Gasteiger partial charge in [-0.05, 0) is 37.0 Å². The van der Waals surface area contributed by atoms with Gasteiger partial charge in [0, 0.05) is 35.7 Å². The van der Waals surface area contributed by atoms with E-state index in [0.29, 0.717) is 42.4 Å². The second-order valence-corrected chi connectivity index (χ2v) is 5.95. The van der Waals surface area contributed by atoms with E-state index < -0.39 is 5.97 Å². The molecule has 2 aromatic rings. The molecule has 6 heteroatoms. The average molecular weight is 322 g/mol.